The van der Waals surface area contributed by atoms with Gasteiger partial charge in [0, 0.05) is 36.3 Å². The molecule has 0 radical (unpaired) electrons. The summed E-state index contributed by atoms with van der Waals surface area (Å²) in [7, 11) is 0. The molecule has 1 saturated carbocycles. The molecule has 126 valence electrons. The van der Waals surface area contributed by atoms with Crippen LogP contribution in [-0.4, -0.2) is 16.5 Å². The fraction of sp³-hybridized carbons (Fsp3) is 0.650. The molecule has 3 heteroatoms. The molecular weight excluding hydrogens is 288 g/mol. The molecule has 0 saturated heterocycles. The molecule has 1 aromatic rings. The number of hydrogen-bond donors (Lipinski definition) is 1. The Bertz CT molecular complexity index is 603. The molecule has 1 aliphatic heterocycles. The Balaban J connectivity index is 2.03. The minimum atomic E-state index is -0.285. The number of ether oxygens (including phenoxy) is 1. The highest BCUT2D eigenvalue weighted by Gasteiger charge is 2.47. The number of benzene rings is 1. The average molecular weight is 316 g/mol. The van der Waals surface area contributed by atoms with Gasteiger partial charge in [-0.05, 0) is 44.7 Å². The molecule has 1 aromatic carbocycles. The SMILES string of the molecule is CCCCCc1cc(O)cc2c1[C@@H]1CC(=O)CC[C@H]1C(C)(C)O2. The van der Waals surface area contributed by atoms with Crippen LogP contribution in [-0.2, 0) is 11.2 Å². The van der Waals surface area contributed by atoms with Gasteiger partial charge >= 0.3 is 0 Å². The summed E-state index contributed by atoms with van der Waals surface area (Å²) in [5.41, 5.74) is 2.08. The van der Waals surface area contributed by atoms with E-state index in [1.165, 1.54) is 24.0 Å². The van der Waals surface area contributed by atoms with Crippen LogP contribution in [0.1, 0.15) is 76.3 Å². The topological polar surface area (TPSA) is 46.5 Å². The van der Waals surface area contributed by atoms with Gasteiger partial charge < -0.3 is 9.84 Å². The Hall–Kier alpha value is -1.51. The summed E-state index contributed by atoms with van der Waals surface area (Å²) in [6.07, 6.45) is 6.62. The third-order valence-electron chi connectivity index (χ3n) is 5.57. The highest BCUT2D eigenvalue weighted by molar-refractivity contribution is 5.81. The molecular formula is C20H28O3. The Kier molecular flexibility index (Phi) is 4.39. The van der Waals surface area contributed by atoms with Crippen molar-refractivity contribution in [3.05, 3.63) is 23.3 Å². The zero-order valence-electron chi connectivity index (χ0n) is 14.5. The normalized spacial score (nSPS) is 25.4. The summed E-state index contributed by atoms with van der Waals surface area (Å²) in [4.78, 5) is 12.1. The van der Waals surface area contributed by atoms with Crippen LogP contribution in [0.2, 0.25) is 0 Å². The van der Waals surface area contributed by atoms with Crippen LogP contribution in [0.4, 0.5) is 0 Å². The summed E-state index contributed by atoms with van der Waals surface area (Å²) in [5.74, 6) is 2.04. The van der Waals surface area contributed by atoms with Crippen LogP contribution in [0, 0.1) is 5.92 Å². The minimum Gasteiger partial charge on any atom is -0.508 e. The highest BCUT2D eigenvalue weighted by Crippen LogP contribution is 2.52. The Morgan fingerprint density at radius 1 is 1.30 bits per heavy atom. The van der Waals surface area contributed by atoms with Crippen molar-refractivity contribution in [2.45, 2.75) is 77.2 Å². The molecule has 1 aliphatic carbocycles. The number of aryl methyl sites for hydroxylation is 1. The maximum atomic E-state index is 12.1. The number of ketones is 1. The molecule has 0 unspecified atom stereocenters. The van der Waals surface area contributed by atoms with Crippen LogP contribution in [0.15, 0.2) is 12.1 Å². The van der Waals surface area contributed by atoms with E-state index in [-0.39, 0.29) is 17.3 Å². The molecule has 1 fully saturated rings. The van der Waals surface area contributed by atoms with Gasteiger partial charge in [0.25, 0.3) is 0 Å². The fourth-order valence-electron chi connectivity index (χ4n) is 4.45. The molecule has 0 amide bonds. The molecule has 2 aliphatic rings. The first-order valence-corrected chi connectivity index (χ1v) is 8.99. The molecule has 1 N–H and O–H groups in total. The molecule has 3 nitrogen and oxygen atoms in total. The summed E-state index contributed by atoms with van der Waals surface area (Å²) in [6.45, 7) is 6.42. The van der Waals surface area contributed by atoms with E-state index in [0.717, 1.165) is 25.0 Å². The van der Waals surface area contributed by atoms with Crippen molar-refractivity contribution < 1.29 is 14.6 Å². The van der Waals surface area contributed by atoms with Crippen LogP contribution in [0.3, 0.4) is 0 Å². The smallest absolute Gasteiger partial charge is 0.133 e. The number of hydrogen-bond acceptors (Lipinski definition) is 3. The molecule has 0 bridgehead atoms. The van der Waals surface area contributed by atoms with E-state index < -0.39 is 0 Å². The van der Waals surface area contributed by atoms with Crippen molar-refractivity contribution in [3.63, 3.8) is 0 Å². The lowest BCUT2D eigenvalue weighted by Crippen LogP contribution is -2.47. The number of aromatic hydroxyl groups is 1. The van der Waals surface area contributed by atoms with Crippen molar-refractivity contribution in [3.8, 4) is 11.5 Å². The minimum absolute atomic E-state index is 0.243. The van der Waals surface area contributed by atoms with Crippen molar-refractivity contribution >= 4 is 5.78 Å². The second kappa shape index (κ2) is 6.18. The Morgan fingerprint density at radius 2 is 2.09 bits per heavy atom. The molecule has 1 heterocycles. The van der Waals surface area contributed by atoms with E-state index in [1.807, 2.05) is 6.07 Å². The number of carbonyl (C=O) groups excluding carboxylic acids is 1. The summed E-state index contributed by atoms with van der Waals surface area (Å²) in [5, 5.41) is 10.1. The molecule has 3 rings (SSSR count). The lowest BCUT2D eigenvalue weighted by Gasteiger charge is -2.47. The van der Waals surface area contributed by atoms with E-state index in [9.17, 15) is 9.90 Å². The van der Waals surface area contributed by atoms with Gasteiger partial charge in [-0.15, -0.1) is 0 Å². The van der Waals surface area contributed by atoms with Gasteiger partial charge in [0.05, 0.1) is 0 Å². The van der Waals surface area contributed by atoms with E-state index in [0.29, 0.717) is 24.5 Å². The number of phenolic OH excluding ortho intramolecular Hbond substituents is 1. The number of phenols is 1. The molecule has 0 aromatic heterocycles. The third-order valence-corrected chi connectivity index (χ3v) is 5.57. The lowest BCUT2D eigenvalue weighted by molar-refractivity contribution is -0.124. The monoisotopic (exact) mass is 316 g/mol. The third kappa shape index (κ3) is 3.11. The maximum absolute atomic E-state index is 12.1. The predicted molar refractivity (Wildman–Crippen MR) is 91.1 cm³/mol. The standard InChI is InChI=1S/C20H28O3/c1-4-5-6-7-13-10-15(22)12-18-19(13)16-11-14(21)8-9-17(16)20(2,3)23-18/h10,12,16-17,22H,4-9,11H2,1-3H3/t16-,17-/m1/s1. The summed E-state index contributed by atoms with van der Waals surface area (Å²) >= 11 is 0. The van der Waals surface area contributed by atoms with Gasteiger partial charge in [-0.1, -0.05) is 19.8 Å². The van der Waals surface area contributed by atoms with E-state index >= 15 is 0 Å². The quantitative estimate of drug-likeness (QED) is 0.815. The first-order chi connectivity index (χ1) is 10.9. The maximum Gasteiger partial charge on any atom is 0.133 e. The van der Waals surface area contributed by atoms with E-state index in [1.54, 1.807) is 6.07 Å². The number of unbranched alkanes of at least 4 members (excludes halogenated alkanes) is 2. The first-order valence-electron chi connectivity index (χ1n) is 8.99. The number of Topliss-reactive ketones (excluding diaryl/α,β-unsaturated/α-hetero) is 1. The average Bonchev–Trinajstić information content (AvgIpc) is 2.45. The van der Waals surface area contributed by atoms with Crippen molar-refractivity contribution in [1.29, 1.82) is 0 Å². The predicted octanol–water partition coefficient (Wildman–Crippen LogP) is 4.75. The fourth-order valence-corrected chi connectivity index (χ4v) is 4.45. The van der Waals surface area contributed by atoms with Crippen LogP contribution in [0.25, 0.3) is 0 Å². The number of carbonyl (C=O) groups is 1. The van der Waals surface area contributed by atoms with E-state index in [4.69, 9.17) is 4.74 Å². The Morgan fingerprint density at radius 3 is 2.83 bits per heavy atom. The van der Waals surface area contributed by atoms with E-state index in [2.05, 4.69) is 20.8 Å². The van der Waals surface area contributed by atoms with Gasteiger partial charge in [0.15, 0.2) is 0 Å². The van der Waals surface area contributed by atoms with Gasteiger partial charge in [0.2, 0.25) is 0 Å². The van der Waals surface area contributed by atoms with Gasteiger partial charge in [-0.25, -0.2) is 0 Å². The van der Waals surface area contributed by atoms with Gasteiger partial charge in [-0.3, -0.25) is 4.79 Å². The van der Waals surface area contributed by atoms with Crippen LogP contribution in [0.5, 0.6) is 11.5 Å². The second-order valence-corrected chi connectivity index (χ2v) is 7.67. The van der Waals surface area contributed by atoms with Crippen LogP contribution >= 0.6 is 0 Å². The van der Waals surface area contributed by atoms with Crippen LogP contribution < -0.4 is 4.74 Å². The van der Waals surface area contributed by atoms with Crippen molar-refractivity contribution in [2.75, 3.05) is 0 Å². The summed E-state index contributed by atoms with van der Waals surface area (Å²) < 4.78 is 6.28. The molecule has 0 spiro atoms. The number of fused-ring (bicyclic) bond motifs is 3. The number of rotatable bonds is 4. The molecule has 2 atom stereocenters. The largest absolute Gasteiger partial charge is 0.508 e. The van der Waals surface area contributed by atoms with Crippen molar-refractivity contribution in [1.82, 2.24) is 0 Å². The zero-order chi connectivity index (χ0) is 16.6. The lowest BCUT2D eigenvalue weighted by atomic mass is 9.65. The summed E-state index contributed by atoms with van der Waals surface area (Å²) in [6, 6.07) is 3.61. The van der Waals surface area contributed by atoms with Crippen molar-refractivity contribution in [2.24, 2.45) is 5.92 Å². The zero-order valence-corrected chi connectivity index (χ0v) is 14.5. The Labute approximate surface area is 139 Å². The molecule has 23 heavy (non-hydrogen) atoms. The van der Waals surface area contributed by atoms with Gasteiger partial charge in [-0.2, -0.15) is 0 Å². The van der Waals surface area contributed by atoms with Gasteiger partial charge in [0.1, 0.15) is 22.9 Å². The second-order valence-electron chi connectivity index (χ2n) is 7.67. The first kappa shape index (κ1) is 16.4. The highest BCUT2D eigenvalue weighted by atomic mass is 16.5.